The number of aryl methyl sites for hydroxylation is 1. The molecule has 1 N–H and O–H groups in total. The van der Waals surface area contributed by atoms with E-state index in [-0.39, 0.29) is 11.0 Å². The highest BCUT2D eigenvalue weighted by Gasteiger charge is 2.49. The Bertz CT molecular complexity index is 1230. The van der Waals surface area contributed by atoms with Gasteiger partial charge in [0.1, 0.15) is 16.9 Å². The quantitative estimate of drug-likeness (QED) is 0.486. The second-order valence-corrected chi connectivity index (χ2v) is 9.16. The molecule has 0 amide bonds. The van der Waals surface area contributed by atoms with Crippen LogP contribution in [0.25, 0.3) is 10.1 Å². The van der Waals surface area contributed by atoms with E-state index in [0.29, 0.717) is 5.84 Å². The number of hydrogen-bond acceptors (Lipinski definition) is 6. The summed E-state index contributed by atoms with van der Waals surface area (Å²) in [5.74, 6) is -0.221. The molecular formula is C22H19ClFN3O2S. The number of carbonyl (C=O) groups excluding carboxylic acids is 1. The van der Waals surface area contributed by atoms with E-state index in [1.807, 2.05) is 38.3 Å². The van der Waals surface area contributed by atoms with Crippen LogP contribution in [0.5, 0.6) is 0 Å². The molecule has 3 aliphatic rings. The van der Waals surface area contributed by atoms with Crippen LogP contribution >= 0.6 is 22.9 Å². The summed E-state index contributed by atoms with van der Waals surface area (Å²) in [5, 5.41) is 11.6. The number of halogens is 2. The molecule has 1 aromatic carbocycles. The van der Waals surface area contributed by atoms with E-state index in [9.17, 15) is 9.18 Å². The monoisotopic (exact) mass is 443 g/mol. The predicted molar refractivity (Wildman–Crippen MR) is 118 cm³/mol. The molecule has 1 fully saturated rings. The highest BCUT2D eigenvalue weighted by molar-refractivity contribution is 7.23. The van der Waals surface area contributed by atoms with Crippen LogP contribution in [0.4, 0.5) is 9.39 Å². The molecule has 154 valence electrons. The smallest absolute Gasteiger partial charge is 0.329 e. The maximum atomic E-state index is 14.0. The van der Waals surface area contributed by atoms with Crippen molar-refractivity contribution in [1.29, 1.82) is 0 Å². The lowest BCUT2D eigenvalue weighted by Crippen LogP contribution is -2.61. The minimum atomic E-state index is -1.06. The zero-order chi connectivity index (χ0) is 21.2. The molecule has 8 heteroatoms. The van der Waals surface area contributed by atoms with E-state index in [4.69, 9.17) is 21.4 Å². The molecule has 2 aliphatic heterocycles. The van der Waals surface area contributed by atoms with Crippen molar-refractivity contribution < 1.29 is 13.9 Å². The van der Waals surface area contributed by atoms with E-state index < -0.39 is 17.5 Å². The van der Waals surface area contributed by atoms with Crippen LogP contribution < -0.4 is 10.3 Å². The number of morpholine rings is 1. The van der Waals surface area contributed by atoms with Crippen molar-refractivity contribution in [3.8, 4) is 0 Å². The van der Waals surface area contributed by atoms with Crippen molar-refractivity contribution in [2.24, 2.45) is 5.10 Å². The van der Waals surface area contributed by atoms with Gasteiger partial charge in [-0.05, 0) is 57.0 Å². The van der Waals surface area contributed by atoms with E-state index in [0.717, 1.165) is 38.2 Å². The first kappa shape index (κ1) is 19.3. The maximum Gasteiger partial charge on any atom is 0.329 e. The highest BCUT2D eigenvalue weighted by Crippen LogP contribution is 2.43. The summed E-state index contributed by atoms with van der Waals surface area (Å²) >= 11 is 7.47. The van der Waals surface area contributed by atoms with Crippen LogP contribution in [0.15, 0.2) is 52.8 Å². The van der Waals surface area contributed by atoms with Crippen LogP contribution in [-0.2, 0) is 9.53 Å². The second kappa shape index (κ2) is 6.68. The Morgan fingerprint density at radius 1 is 1.40 bits per heavy atom. The molecule has 0 saturated carbocycles. The molecule has 5 nitrogen and oxygen atoms in total. The average Bonchev–Trinajstić information content (AvgIpc) is 2.90. The van der Waals surface area contributed by atoms with E-state index in [1.54, 1.807) is 18.0 Å². The van der Waals surface area contributed by atoms with Crippen molar-refractivity contribution >= 4 is 49.8 Å². The third-order valence-electron chi connectivity index (χ3n) is 5.71. The normalized spacial score (nSPS) is 25.5. The summed E-state index contributed by atoms with van der Waals surface area (Å²) in [5.41, 5.74) is 1.85. The molecule has 1 aromatic heterocycles. The molecule has 0 radical (unpaired) electrons. The first-order valence-corrected chi connectivity index (χ1v) is 10.8. The molecule has 2 atom stereocenters. The zero-order valence-corrected chi connectivity index (χ0v) is 18.2. The summed E-state index contributed by atoms with van der Waals surface area (Å²) in [7, 11) is 0. The van der Waals surface area contributed by atoms with Gasteiger partial charge in [-0.1, -0.05) is 23.3 Å². The van der Waals surface area contributed by atoms with E-state index in [1.165, 1.54) is 17.4 Å². The molecule has 1 aliphatic carbocycles. The Labute approximate surface area is 182 Å². The second-order valence-electron chi connectivity index (χ2n) is 7.73. The molecule has 2 aromatic rings. The van der Waals surface area contributed by atoms with Crippen LogP contribution in [0.3, 0.4) is 0 Å². The van der Waals surface area contributed by atoms with Crippen molar-refractivity contribution in [3.63, 3.8) is 0 Å². The van der Waals surface area contributed by atoms with Gasteiger partial charge >= 0.3 is 5.97 Å². The number of carbonyl (C=O) groups is 1. The molecule has 30 heavy (non-hydrogen) atoms. The Hall–Kier alpha value is -2.64. The highest BCUT2D eigenvalue weighted by atomic mass is 35.5. The first-order chi connectivity index (χ1) is 14.3. The van der Waals surface area contributed by atoms with Gasteiger partial charge in [-0.15, -0.1) is 16.4 Å². The molecule has 5 rings (SSSR count). The van der Waals surface area contributed by atoms with E-state index >= 15 is 0 Å². The summed E-state index contributed by atoms with van der Waals surface area (Å²) < 4.78 is 20.8. The number of benzene rings is 1. The topological polar surface area (TPSA) is 53.9 Å². The third kappa shape index (κ3) is 2.72. The first-order valence-electron chi connectivity index (χ1n) is 9.62. The average molecular weight is 444 g/mol. The summed E-state index contributed by atoms with van der Waals surface area (Å²) in [6.07, 6.45) is 8.48. The van der Waals surface area contributed by atoms with Gasteiger partial charge in [0.2, 0.25) is 5.60 Å². The number of esters is 1. The van der Waals surface area contributed by atoms with Crippen molar-refractivity contribution in [2.75, 3.05) is 5.01 Å². The van der Waals surface area contributed by atoms with Gasteiger partial charge in [0.25, 0.3) is 0 Å². The number of nitrogens with one attached hydrogen (secondary N) is 1. The molecule has 1 saturated heterocycles. The SMILES string of the molecule is CC1=C2C=CN(c3sc4cc(Cl)c(F)cc4c3C)N=C3NC(C)C(=O)OC32C=CC1. The summed E-state index contributed by atoms with van der Waals surface area (Å²) in [4.78, 5) is 12.4. The van der Waals surface area contributed by atoms with Gasteiger partial charge in [-0.2, -0.15) is 0 Å². The Kier molecular flexibility index (Phi) is 4.31. The van der Waals surface area contributed by atoms with Gasteiger partial charge in [-0.3, -0.25) is 0 Å². The number of amidine groups is 1. The largest absolute Gasteiger partial charge is 0.440 e. The Morgan fingerprint density at radius 3 is 3.00 bits per heavy atom. The molecule has 1 spiro atoms. The minimum Gasteiger partial charge on any atom is -0.440 e. The van der Waals surface area contributed by atoms with Crippen molar-refractivity contribution in [3.05, 3.63) is 64.1 Å². The lowest BCUT2D eigenvalue weighted by Gasteiger charge is -2.40. The minimum absolute atomic E-state index is 0.0959. The molecule has 2 unspecified atom stereocenters. The van der Waals surface area contributed by atoms with Gasteiger partial charge in [-0.25, -0.2) is 14.2 Å². The number of hydrogen-bond donors (Lipinski definition) is 1. The fourth-order valence-corrected chi connectivity index (χ4v) is 5.46. The van der Waals surface area contributed by atoms with Crippen LogP contribution in [0.2, 0.25) is 5.02 Å². The number of ether oxygens (including phenoxy) is 1. The summed E-state index contributed by atoms with van der Waals surface area (Å²) in [6.45, 7) is 5.71. The predicted octanol–water partition coefficient (Wildman–Crippen LogP) is 5.20. The number of anilines is 1. The van der Waals surface area contributed by atoms with E-state index in [2.05, 4.69) is 5.32 Å². The maximum absolute atomic E-state index is 14.0. The van der Waals surface area contributed by atoms with Crippen LogP contribution in [-0.4, -0.2) is 23.4 Å². The zero-order valence-electron chi connectivity index (χ0n) is 16.6. The van der Waals surface area contributed by atoms with Crippen LogP contribution in [0, 0.1) is 12.7 Å². The molecule has 0 bridgehead atoms. The van der Waals surface area contributed by atoms with Crippen molar-refractivity contribution in [1.82, 2.24) is 5.32 Å². The lowest BCUT2D eigenvalue weighted by atomic mass is 9.82. The van der Waals surface area contributed by atoms with Gasteiger partial charge < -0.3 is 10.1 Å². The van der Waals surface area contributed by atoms with Gasteiger partial charge in [0, 0.05) is 21.9 Å². The number of allylic oxidation sites excluding steroid dienone is 2. The number of thiophene rings is 1. The van der Waals surface area contributed by atoms with Gasteiger partial charge in [0.05, 0.1) is 5.02 Å². The molecular weight excluding hydrogens is 425 g/mol. The standard InChI is InChI=1S/C22H19ClFN3O2S/c1-11-5-4-7-22-15(11)6-8-27(26-21(22)25-13(3)20(28)29-22)19-12(2)14-9-17(24)16(23)10-18(14)30-19/h4,6-10,13H,5H2,1-3H3,(H,25,26). The summed E-state index contributed by atoms with van der Waals surface area (Å²) in [6, 6.07) is 2.59. The Balaban J connectivity index is 1.70. The Morgan fingerprint density at radius 2 is 2.20 bits per heavy atom. The van der Waals surface area contributed by atoms with Gasteiger partial charge in [0.15, 0.2) is 5.84 Å². The lowest BCUT2D eigenvalue weighted by molar-refractivity contribution is -0.152. The fourth-order valence-electron chi connectivity index (χ4n) is 4.07. The number of nitrogens with zero attached hydrogens (tertiary/aromatic N) is 2. The fraction of sp³-hybridized carbons (Fsp3) is 0.273. The number of hydrazone groups is 1. The number of fused-ring (bicyclic) bond motifs is 1. The van der Waals surface area contributed by atoms with Crippen molar-refractivity contribution in [2.45, 2.75) is 38.8 Å². The number of rotatable bonds is 1. The molecule has 3 heterocycles. The third-order valence-corrected chi connectivity index (χ3v) is 7.24. The van der Waals surface area contributed by atoms with Crippen LogP contribution in [0.1, 0.15) is 25.8 Å².